The van der Waals surface area contributed by atoms with E-state index in [1.54, 1.807) is 32.0 Å². The zero-order chi connectivity index (χ0) is 21.2. The minimum Gasteiger partial charge on any atom is -0.463 e. The van der Waals surface area contributed by atoms with E-state index in [1.807, 2.05) is 0 Å². The number of ether oxygens (including phenoxy) is 2. The zero-order valence-corrected chi connectivity index (χ0v) is 17.2. The molecule has 0 aromatic heterocycles. The van der Waals surface area contributed by atoms with Gasteiger partial charge in [-0.3, -0.25) is 9.59 Å². The maximum atomic E-state index is 13.3. The zero-order valence-electron chi connectivity index (χ0n) is 17.2. The van der Waals surface area contributed by atoms with Crippen molar-refractivity contribution in [1.29, 1.82) is 0 Å². The Hall–Kier alpha value is -2.31. The molecule has 1 aromatic carbocycles. The van der Waals surface area contributed by atoms with Gasteiger partial charge in [-0.05, 0) is 25.8 Å². The molecule has 1 aliphatic heterocycles. The van der Waals surface area contributed by atoms with Crippen molar-refractivity contribution in [2.45, 2.75) is 64.1 Å². The SMILES string of the molecule is CCCCCCOC(=O)[C@]12O[C@@]1(CC(CO)=C(C)C)C(=O)c1ccccc1C2=O. The lowest BCUT2D eigenvalue weighted by Crippen LogP contribution is -2.50. The summed E-state index contributed by atoms with van der Waals surface area (Å²) < 4.78 is 11.2. The van der Waals surface area contributed by atoms with Crippen molar-refractivity contribution in [2.24, 2.45) is 0 Å². The molecule has 1 N–H and O–H groups in total. The lowest BCUT2D eigenvalue weighted by atomic mass is 9.71. The Bertz CT molecular complexity index is 866. The number of epoxide rings is 1. The predicted octanol–water partition coefficient (Wildman–Crippen LogP) is 3.42. The highest BCUT2D eigenvalue weighted by molar-refractivity contribution is 6.32. The minimum absolute atomic E-state index is 0.0182. The smallest absolute Gasteiger partial charge is 0.350 e. The second-order valence-corrected chi connectivity index (χ2v) is 7.95. The average Bonchev–Trinajstić information content (AvgIpc) is 3.41. The molecule has 1 fully saturated rings. The van der Waals surface area contributed by atoms with Gasteiger partial charge in [-0.15, -0.1) is 0 Å². The number of allylic oxidation sites excluding steroid dienone is 1. The van der Waals surface area contributed by atoms with Crippen molar-refractivity contribution in [2.75, 3.05) is 13.2 Å². The molecule has 0 saturated carbocycles. The van der Waals surface area contributed by atoms with E-state index in [2.05, 4.69) is 6.92 Å². The Balaban J connectivity index is 1.95. The van der Waals surface area contributed by atoms with Crippen LogP contribution in [0, 0.1) is 0 Å². The lowest BCUT2D eigenvalue weighted by molar-refractivity contribution is -0.148. The van der Waals surface area contributed by atoms with Crippen LogP contribution in [0.2, 0.25) is 0 Å². The van der Waals surface area contributed by atoms with Gasteiger partial charge in [0.25, 0.3) is 5.60 Å². The van der Waals surface area contributed by atoms with Crippen LogP contribution >= 0.6 is 0 Å². The molecule has 6 heteroatoms. The van der Waals surface area contributed by atoms with E-state index in [9.17, 15) is 19.5 Å². The van der Waals surface area contributed by atoms with Gasteiger partial charge in [-0.2, -0.15) is 0 Å². The van der Waals surface area contributed by atoms with Gasteiger partial charge in [-0.1, -0.05) is 56.0 Å². The molecule has 0 amide bonds. The highest BCUT2D eigenvalue weighted by atomic mass is 16.7. The molecule has 3 rings (SSSR count). The number of rotatable bonds is 9. The van der Waals surface area contributed by atoms with E-state index in [1.165, 1.54) is 6.07 Å². The fourth-order valence-electron chi connectivity index (χ4n) is 3.98. The molecule has 29 heavy (non-hydrogen) atoms. The van der Waals surface area contributed by atoms with Crippen LogP contribution in [0.4, 0.5) is 0 Å². The first kappa shape index (κ1) is 21.4. The Morgan fingerprint density at radius 3 is 2.31 bits per heavy atom. The van der Waals surface area contributed by atoms with Crippen LogP contribution in [-0.2, 0) is 14.3 Å². The number of fused-ring (bicyclic) bond motifs is 2. The third-order valence-corrected chi connectivity index (χ3v) is 5.84. The van der Waals surface area contributed by atoms with E-state index >= 15 is 0 Å². The number of benzene rings is 1. The van der Waals surface area contributed by atoms with E-state index in [4.69, 9.17) is 9.47 Å². The summed E-state index contributed by atoms with van der Waals surface area (Å²) in [4.78, 5) is 39.6. The summed E-state index contributed by atoms with van der Waals surface area (Å²) in [6.07, 6.45) is 3.69. The maximum absolute atomic E-state index is 13.3. The van der Waals surface area contributed by atoms with Crippen molar-refractivity contribution in [3.63, 3.8) is 0 Å². The van der Waals surface area contributed by atoms with Crippen LogP contribution in [0.1, 0.15) is 73.6 Å². The van der Waals surface area contributed by atoms with Crippen LogP contribution in [0.5, 0.6) is 0 Å². The topological polar surface area (TPSA) is 93.2 Å². The number of unbranched alkanes of at least 4 members (excludes halogenated alkanes) is 3. The standard InChI is InChI=1S/C23H28O6/c1-4-5-6-9-12-28-21(27)23-20(26)18-11-8-7-10-17(18)19(25)22(23,29-23)13-16(14-24)15(2)3/h7-8,10-11,24H,4-6,9,12-14H2,1-3H3/t22-,23-/m0/s1. The number of hydrogen-bond donors (Lipinski definition) is 1. The maximum Gasteiger partial charge on any atom is 0.350 e. The quantitative estimate of drug-likeness (QED) is 0.224. The molecule has 1 heterocycles. The van der Waals surface area contributed by atoms with E-state index in [0.717, 1.165) is 24.8 Å². The number of carbonyl (C=O) groups excluding carboxylic acids is 3. The number of hydrogen-bond acceptors (Lipinski definition) is 6. The lowest BCUT2D eigenvalue weighted by Gasteiger charge is -2.24. The minimum atomic E-state index is -1.96. The van der Waals surface area contributed by atoms with Gasteiger partial charge in [0, 0.05) is 17.5 Å². The molecule has 156 valence electrons. The average molecular weight is 400 g/mol. The van der Waals surface area contributed by atoms with Crippen LogP contribution in [0.15, 0.2) is 35.4 Å². The van der Waals surface area contributed by atoms with Crippen molar-refractivity contribution in [3.05, 3.63) is 46.5 Å². The molecule has 2 atom stereocenters. The summed E-state index contributed by atoms with van der Waals surface area (Å²) in [6, 6.07) is 6.43. The number of aliphatic hydroxyl groups excluding tert-OH is 1. The van der Waals surface area contributed by atoms with Crippen LogP contribution < -0.4 is 0 Å². The normalized spacial score (nSPS) is 24.6. The second-order valence-electron chi connectivity index (χ2n) is 7.95. The summed E-state index contributed by atoms with van der Waals surface area (Å²) in [7, 11) is 0. The molecule has 0 unspecified atom stereocenters. The van der Waals surface area contributed by atoms with Crippen LogP contribution in [0.25, 0.3) is 0 Å². The summed E-state index contributed by atoms with van der Waals surface area (Å²) >= 11 is 0. The summed E-state index contributed by atoms with van der Waals surface area (Å²) in [6.45, 7) is 5.60. The van der Waals surface area contributed by atoms with Crippen LogP contribution in [-0.4, -0.2) is 47.1 Å². The summed E-state index contributed by atoms with van der Waals surface area (Å²) in [5, 5.41) is 9.73. The Labute approximate surface area is 170 Å². The summed E-state index contributed by atoms with van der Waals surface area (Å²) in [5.74, 6) is -1.77. The molecule has 0 radical (unpaired) electrons. The molecular weight excluding hydrogens is 372 g/mol. The van der Waals surface area contributed by atoms with Gasteiger partial charge < -0.3 is 14.6 Å². The first-order valence-corrected chi connectivity index (χ1v) is 10.2. The molecular formula is C23H28O6. The summed E-state index contributed by atoms with van der Waals surface area (Å²) in [5.41, 5.74) is -1.79. The third-order valence-electron chi connectivity index (χ3n) is 5.84. The van der Waals surface area contributed by atoms with Gasteiger partial charge in [-0.25, -0.2) is 4.79 Å². The number of aliphatic hydroxyl groups is 1. The molecule has 6 nitrogen and oxygen atoms in total. The highest BCUT2D eigenvalue weighted by Gasteiger charge is 2.85. The fraction of sp³-hybridized carbons (Fsp3) is 0.522. The predicted molar refractivity (Wildman–Crippen MR) is 107 cm³/mol. The number of carbonyl (C=O) groups is 3. The Morgan fingerprint density at radius 2 is 1.72 bits per heavy atom. The van der Waals surface area contributed by atoms with Crippen molar-refractivity contribution in [1.82, 2.24) is 0 Å². The van der Waals surface area contributed by atoms with Crippen molar-refractivity contribution in [3.8, 4) is 0 Å². The number of esters is 1. The van der Waals surface area contributed by atoms with E-state index < -0.39 is 28.7 Å². The molecule has 1 aliphatic carbocycles. The first-order valence-electron chi connectivity index (χ1n) is 10.2. The van der Waals surface area contributed by atoms with E-state index in [-0.39, 0.29) is 30.8 Å². The van der Waals surface area contributed by atoms with Gasteiger partial charge in [0.05, 0.1) is 13.2 Å². The van der Waals surface area contributed by atoms with Gasteiger partial charge in [0.15, 0.2) is 11.4 Å². The van der Waals surface area contributed by atoms with Gasteiger partial charge in [0.1, 0.15) is 0 Å². The highest BCUT2D eigenvalue weighted by Crippen LogP contribution is 2.59. The molecule has 0 spiro atoms. The van der Waals surface area contributed by atoms with Crippen molar-refractivity contribution < 1.29 is 29.0 Å². The van der Waals surface area contributed by atoms with E-state index in [0.29, 0.717) is 12.0 Å². The Morgan fingerprint density at radius 1 is 1.07 bits per heavy atom. The number of ketones is 2. The van der Waals surface area contributed by atoms with Gasteiger partial charge >= 0.3 is 5.97 Å². The Kier molecular flexibility index (Phi) is 6.05. The fourth-order valence-corrected chi connectivity index (χ4v) is 3.98. The third kappa shape index (κ3) is 3.34. The monoisotopic (exact) mass is 400 g/mol. The molecule has 1 saturated heterocycles. The van der Waals surface area contributed by atoms with Crippen LogP contribution in [0.3, 0.4) is 0 Å². The van der Waals surface area contributed by atoms with Crippen molar-refractivity contribution >= 4 is 17.5 Å². The van der Waals surface area contributed by atoms with Gasteiger partial charge in [0.2, 0.25) is 5.78 Å². The molecule has 2 aliphatic rings. The number of Topliss-reactive ketones (excluding diaryl/α,β-unsaturated/α-hetero) is 2. The molecule has 1 aromatic rings. The molecule has 0 bridgehead atoms. The first-order chi connectivity index (χ1) is 13.9. The largest absolute Gasteiger partial charge is 0.463 e. The second kappa shape index (κ2) is 8.20.